The monoisotopic (exact) mass is 411 g/mol. The van der Waals surface area contributed by atoms with Gasteiger partial charge >= 0.3 is 0 Å². The molecule has 0 aliphatic heterocycles. The van der Waals surface area contributed by atoms with E-state index in [4.69, 9.17) is 4.52 Å². The Balaban J connectivity index is 1.58. The maximum atomic E-state index is 5.22. The van der Waals surface area contributed by atoms with Gasteiger partial charge in [0.05, 0.1) is 5.75 Å². The summed E-state index contributed by atoms with van der Waals surface area (Å²) in [7, 11) is 0. The fraction of sp³-hybridized carbons (Fsp3) is 0.286. The lowest BCUT2D eigenvalue weighted by molar-refractivity contribution is 0.383. The summed E-state index contributed by atoms with van der Waals surface area (Å²) < 4.78 is 7.08. The number of aromatic nitrogens is 4. The van der Waals surface area contributed by atoms with Crippen molar-refractivity contribution in [2.75, 3.05) is 5.32 Å². The highest BCUT2D eigenvalue weighted by Crippen LogP contribution is 2.30. The first-order valence-corrected chi connectivity index (χ1v) is 9.51. The van der Waals surface area contributed by atoms with Gasteiger partial charge in [0.1, 0.15) is 0 Å². The zero-order chi connectivity index (χ0) is 16.2. The molecular formula is C14H14BrN5OS2. The van der Waals surface area contributed by atoms with E-state index in [-0.39, 0.29) is 5.92 Å². The highest BCUT2D eigenvalue weighted by molar-refractivity contribution is 9.10. The van der Waals surface area contributed by atoms with Crippen LogP contribution in [0.15, 0.2) is 37.6 Å². The molecule has 3 rings (SSSR count). The maximum absolute atomic E-state index is 5.22. The molecule has 0 aliphatic carbocycles. The average molecular weight is 412 g/mol. The smallest absolute Gasteiger partial charge is 0.237 e. The number of nitrogens with one attached hydrogen (secondary N) is 1. The highest BCUT2D eigenvalue weighted by atomic mass is 79.9. The molecule has 0 unspecified atom stereocenters. The number of hydrogen-bond acceptors (Lipinski definition) is 8. The largest absolute Gasteiger partial charge is 0.338 e. The van der Waals surface area contributed by atoms with Gasteiger partial charge in [-0.1, -0.05) is 64.1 Å². The summed E-state index contributed by atoms with van der Waals surface area (Å²) in [4.78, 5) is 4.35. The van der Waals surface area contributed by atoms with E-state index in [1.807, 2.05) is 38.1 Å². The van der Waals surface area contributed by atoms with Crippen molar-refractivity contribution in [3.05, 3.63) is 40.5 Å². The molecule has 0 atom stereocenters. The lowest BCUT2D eigenvalue weighted by Gasteiger charge is -2.01. The minimum absolute atomic E-state index is 0.264. The third-order valence-corrected chi connectivity index (χ3v) is 5.25. The van der Waals surface area contributed by atoms with Crippen LogP contribution in [0.1, 0.15) is 31.5 Å². The van der Waals surface area contributed by atoms with Crippen molar-refractivity contribution < 1.29 is 4.52 Å². The summed E-state index contributed by atoms with van der Waals surface area (Å²) in [6, 6.07) is 7.90. The first kappa shape index (κ1) is 16.4. The molecule has 2 aromatic heterocycles. The van der Waals surface area contributed by atoms with Crippen LogP contribution in [0.5, 0.6) is 0 Å². The van der Waals surface area contributed by atoms with E-state index in [9.17, 15) is 0 Å². The number of nitrogens with zero attached hydrogens (tertiary/aromatic N) is 4. The normalized spacial score (nSPS) is 11.1. The van der Waals surface area contributed by atoms with E-state index in [1.165, 1.54) is 23.1 Å². The Kier molecular flexibility index (Phi) is 5.29. The highest BCUT2D eigenvalue weighted by Gasteiger charge is 2.12. The van der Waals surface area contributed by atoms with Crippen LogP contribution >= 0.6 is 39.0 Å². The number of hydrogen-bond donors (Lipinski definition) is 1. The molecule has 0 fully saturated rings. The Hall–Kier alpha value is -1.45. The summed E-state index contributed by atoms with van der Waals surface area (Å²) in [6.45, 7) is 4.07. The van der Waals surface area contributed by atoms with Gasteiger partial charge in [-0.2, -0.15) is 4.98 Å². The van der Waals surface area contributed by atoms with E-state index in [2.05, 4.69) is 41.6 Å². The summed E-state index contributed by atoms with van der Waals surface area (Å²) >= 11 is 6.47. The number of benzene rings is 1. The second kappa shape index (κ2) is 7.41. The molecule has 0 radical (unpaired) electrons. The Morgan fingerprint density at radius 3 is 2.96 bits per heavy atom. The summed E-state index contributed by atoms with van der Waals surface area (Å²) in [5.41, 5.74) is 0.963. The van der Waals surface area contributed by atoms with Crippen LogP contribution in [-0.2, 0) is 5.75 Å². The van der Waals surface area contributed by atoms with Crippen molar-refractivity contribution in [3.63, 3.8) is 0 Å². The average Bonchev–Trinajstić information content (AvgIpc) is 3.14. The molecule has 0 saturated heterocycles. The Morgan fingerprint density at radius 2 is 2.22 bits per heavy atom. The molecule has 0 spiro atoms. The lowest BCUT2D eigenvalue weighted by Crippen LogP contribution is -1.90. The molecule has 1 N–H and O–H groups in total. The lowest BCUT2D eigenvalue weighted by atomic mass is 10.2. The number of anilines is 2. The predicted molar refractivity (Wildman–Crippen MR) is 95.3 cm³/mol. The maximum Gasteiger partial charge on any atom is 0.237 e. The van der Waals surface area contributed by atoms with Gasteiger partial charge in [0.25, 0.3) is 0 Å². The first-order chi connectivity index (χ1) is 11.1. The number of thioether (sulfide) groups is 1. The standard InChI is InChI=1S/C14H14BrN5OS2/c1-8(2)12-17-11(21-20-12)7-22-14-19-18-13(23-14)16-10-5-3-4-9(15)6-10/h3-6,8H,7H2,1-2H3,(H,16,18). The molecule has 6 nitrogen and oxygen atoms in total. The molecule has 0 aliphatic rings. The van der Waals surface area contributed by atoms with E-state index in [0.717, 1.165) is 25.5 Å². The second-order valence-corrected chi connectivity index (χ2v) is 8.11. The number of rotatable bonds is 6. The molecule has 3 aromatic rings. The number of halogens is 1. The van der Waals surface area contributed by atoms with Crippen molar-refractivity contribution in [1.82, 2.24) is 20.3 Å². The van der Waals surface area contributed by atoms with Gasteiger partial charge in [0.15, 0.2) is 10.2 Å². The topological polar surface area (TPSA) is 76.7 Å². The van der Waals surface area contributed by atoms with Crippen molar-refractivity contribution in [3.8, 4) is 0 Å². The third kappa shape index (κ3) is 4.52. The molecule has 0 bridgehead atoms. The van der Waals surface area contributed by atoms with Crippen molar-refractivity contribution in [2.24, 2.45) is 0 Å². The molecule has 9 heteroatoms. The summed E-state index contributed by atoms with van der Waals surface area (Å²) in [5, 5.41) is 16.2. The zero-order valence-corrected chi connectivity index (χ0v) is 15.7. The molecule has 0 saturated carbocycles. The van der Waals surface area contributed by atoms with Crippen LogP contribution in [0.4, 0.5) is 10.8 Å². The Labute approximate surface area is 150 Å². The van der Waals surface area contributed by atoms with E-state index in [1.54, 1.807) is 0 Å². The van der Waals surface area contributed by atoms with Crippen LogP contribution in [-0.4, -0.2) is 20.3 Å². The summed E-state index contributed by atoms with van der Waals surface area (Å²) in [5.74, 6) is 2.19. The molecule has 1 aromatic carbocycles. The van der Waals surface area contributed by atoms with Gasteiger partial charge in [-0.25, -0.2) is 0 Å². The summed E-state index contributed by atoms with van der Waals surface area (Å²) in [6.07, 6.45) is 0. The van der Waals surface area contributed by atoms with E-state index < -0.39 is 0 Å². The van der Waals surface area contributed by atoms with Crippen molar-refractivity contribution >= 4 is 49.8 Å². The Morgan fingerprint density at radius 1 is 1.35 bits per heavy atom. The van der Waals surface area contributed by atoms with Gasteiger partial charge in [0, 0.05) is 16.1 Å². The van der Waals surface area contributed by atoms with Crippen LogP contribution in [0.3, 0.4) is 0 Å². The zero-order valence-electron chi connectivity index (χ0n) is 12.5. The van der Waals surface area contributed by atoms with Crippen molar-refractivity contribution in [2.45, 2.75) is 29.9 Å². The molecule has 2 heterocycles. The quantitative estimate of drug-likeness (QED) is 0.581. The van der Waals surface area contributed by atoms with Crippen molar-refractivity contribution in [1.29, 1.82) is 0 Å². The van der Waals surface area contributed by atoms with Gasteiger partial charge in [0.2, 0.25) is 11.0 Å². The van der Waals surface area contributed by atoms with Gasteiger partial charge in [-0.05, 0) is 18.2 Å². The van der Waals surface area contributed by atoms with Crippen LogP contribution in [0, 0.1) is 0 Å². The minimum atomic E-state index is 0.264. The molecule has 120 valence electrons. The van der Waals surface area contributed by atoms with E-state index >= 15 is 0 Å². The SMILES string of the molecule is CC(C)c1noc(CSc2nnc(Nc3cccc(Br)c3)s2)n1. The Bertz CT molecular complexity index is 789. The minimum Gasteiger partial charge on any atom is -0.338 e. The van der Waals surface area contributed by atoms with Crippen LogP contribution in [0.25, 0.3) is 0 Å². The van der Waals surface area contributed by atoms with Gasteiger partial charge < -0.3 is 9.84 Å². The molecule has 0 amide bonds. The third-order valence-electron chi connectivity index (χ3n) is 2.80. The van der Waals surface area contributed by atoms with Crippen LogP contribution < -0.4 is 5.32 Å². The fourth-order valence-corrected chi connectivity index (χ4v) is 3.70. The van der Waals surface area contributed by atoms with Gasteiger partial charge in [-0.3, -0.25) is 0 Å². The van der Waals surface area contributed by atoms with Gasteiger partial charge in [-0.15, -0.1) is 10.2 Å². The van der Waals surface area contributed by atoms with Crippen LogP contribution in [0.2, 0.25) is 0 Å². The fourth-order valence-electron chi connectivity index (χ4n) is 1.69. The second-order valence-electron chi connectivity index (χ2n) is 5.00. The molecule has 23 heavy (non-hydrogen) atoms. The molecular weight excluding hydrogens is 398 g/mol. The first-order valence-electron chi connectivity index (χ1n) is 6.91. The predicted octanol–water partition coefficient (Wildman–Crippen LogP) is 4.84. The van der Waals surface area contributed by atoms with E-state index in [0.29, 0.717) is 11.6 Å².